The van der Waals surface area contributed by atoms with Crippen LogP contribution in [0.4, 0.5) is 4.39 Å². The average molecular weight is 572 g/mol. The van der Waals surface area contributed by atoms with Crippen LogP contribution in [0.25, 0.3) is 21.9 Å². The number of halogens is 1. The number of likely N-dealkylation sites (tertiary alicyclic amines) is 1. The number of fused-ring (bicyclic) bond motifs is 5. The van der Waals surface area contributed by atoms with Crippen LogP contribution in [0.2, 0.25) is 0 Å². The first-order valence-corrected chi connectivity index (χ1v) is 15.6. The van der Waals surface area contributed by atoms with Crippen molar-refractivity contribution in [2.45, 2.75) is 44.6 Å². The van der Waals surface area contributed by atoms with Crippen LogP contribution in [-0.4, -0.2) is 31.1 Å². The van der Waals surface area contributed by atoms with Gasteiger partial charge in [-0.1, -0.05) is 80.1 Å². The lowest BCUT2D eigenvalue weighted by Crippen LogP contribution is -2.33. The molecule has 0 N–H and O–H groups in total. The van der Waals surface area contributed by atoms with Crippen LogP contribution < -0.4 is 9.47 Å². The van der Waals surface area contributed by atoms with Crippen molar-refractivity contribution >= 4 is 10.8 Å². The fourth-order valence-corrected chi connectivity index (χ4v) is 7.02. The van der Waals surface area contributed by atoms with E-state index < -0.39 is 0 Å². The summed E-state index contributed by atoms with van der Waals surface area (Å²) in [5.74, 6) is 1.74. The first-order chi connectivity index (χ1) is 21.1. The van der Waals surface area contributed by atoms with E-state index in [0.717, 1.165) is 40.1 Å². The van der Waals surface area contributed by atoms with Crippen LogP contribution >= 0.6 is 0 Å². The second-order valence-corrected chi connectivity index (χ2v) is 12.0. The largest absolute Gasteiger partial charge is 0.492 e. The smallest absolute Gasteiger partial charge is 0.123 e. The summed E-state index contributed by atoms with van der Waals surface area (Å²) < 4.78 is 26.9. The average Bonchev–Trinajstić information content (AvgIpc) is 3.05. The Labute approximate surface area is 253 Å². The Morgan fingerprint density at radius 1 is 0.744 bits per heavy atom. The number of ether oxygens (including phenoxy) is 2. The topological polar surface area (TPSA) is 21.7 Å². The maximum Gasteiger partial charge on any atom is 0.123 e. The van der Waals surface area contributed by atoms with Crippen LogP contribution in [0, 0.1) is 5.82 Å². The van der Waals surface area contributed by atoms with Crippen molar-refractivity contribution in [2.75, 3.05) is 26.2 Å². The summed E-state index contributed by atoms with van der Waals surface area (Å²) in [6.45, 7) is 6.79. The molecule has 0 spiro atoms. The highest BCUT2D eigenvalue weighted by atomic mass is 19.1. The summed E-state index contributed by atoms with van der Waals surface area (Å²) in [4.78, 5) is 2.50. The highest BCUT2D eigenvalue weighted by Crippen LogP contribution is 2.52. The van der Waals surface area contributed by atoms with E-state index in [-0.39, 0.29) is 17.7 Å². The molecular formula is C39H38FNO2. The van der Waals surface area contributed by atoms with Crippen molar-refractivity contribution in [3.63, 3.8) is 0 Å². The molecule has 2 unspecified atom stereocenters. The number of benzene rings is 5. The molecule has 1 heterocycles. The van der Waals surface area contributed by atoms with Gasteiger partial charge in [0.15, 0.2) is 0 Å². The van der Waals surface area contributed by atoms with Gasteiger partial charge in [0, 0.05) is 12.5 Å². The molecule has 1 aliphatic heterocycles. The van der Waals surface area contributed by atoms with Gasteiger partial charge >= 0.3 is 0 Å². The van der Waals surface area contributed by atoms with Gasteiger partial charge in [-0.2, -0.15) is 0 Å². The Morgan fingerprint density at radius 3 is 2.33 bits per heavy atom. The van der Waals surface area contributed by atoms with Crippen LogP contribution in [-0.2, 0) is 6.61 Å². The van der Waals surface area contributed by atoms with Crippen LogP contribution in [0.15, 0.2) is 103 Å². The molecule has 5 aromatic rings. The predicted molar refractivity (Wildman–Crippen MR) is 173 cm³/mol. The summed E-state index contributed by atoms with van der Waals surface area (Å²) in [5.41, 5.74) is 6.99. The third-order valence-electron chi connectivity index (χ3n) is 9.25. The second kappa shape index (κ2) is 12.2. The summed E-state index contributed by atoms with van der Waals surface area (Å²) in [6, 6.07) is 34.8. The molecule has 2 atom stereocenters. The molecule has 0 aromatic heterocycles. The molecule has 5 aromatic carbocycles. The lowest BCUT2D eigenvalue weighted by atomic mass is 9.68. The fourth-order valence-electron chi connectivity index (χ4n) is 7.02. The molecule has 0 saturated carbocycles. The van der Waals surface area contributed by atoms with Crippen molar-refractivity contribution in [1.29, 1.82) is 0 Å². The molecule has 0 amide bonds. The van der Waals surface area contributed by atoms with E-state index in [1.807, 2.05) is 24.3 Å². The van der Waals surface area contributed by atoms with Crippen LogP contribution in [0.1, 0.15) is 60.3 Å². The van der Waals surface area contributed by atoms with E-state index in [0.29, 0.717) is 13.2 Å². The van der Waals surface area contributed by atoms with E-state index in [9.17, 15) is 4.39 Å². The van der Waals surface area contributed by atoms with Crippen molar-refractivity contribution in [2.24, 2.45) is 0 Å². The minimum absolute atomic E-state index is 0.0755. The number of nitrogens with zero attached hydrogens (tertiary/aromatic N) is 1. The monoisotopic (exact) mass is 571 g/mol. The van der Waals surface area contributed by atoms with Gasteiger partial charge in [-0.05, 0) is 112 Å². The molecule has 1 aliphatic carbocycles. The van der Waals surface area contributed by atoms with Crippen molar-refractivity contribution in [3.05, 3.63) is 131 Å². The SMILES string of the molecule is CC1c2cc(F)ccc2-c2ccc3cc(OCc4ccccc4)ccc3c2C1c1ccc(OCCN2CCCCC2)cc1. The van der Waals surface area contributed by atoms with Crippen molar-refractivity contribution in [1.82, 2.24) is 4.90 Å². The molecule has 2 aliphatic rings. The van der Waals surface area contributed by atoms with Crippen molar-refractivity contribution in [3.8, 4) is 22.6 Å². The van der Waals surface area contributed by atoms with Gasteiger partial charge in [0.25, 0.3) is 0 Å². The fraction of sp³-hybridized carbons (Fsp3) is 0.282. The van der Waals surface area contributed by atoms with Gasteiger partial charge in [0.05, 0.1) is 0 Å². The zero-order valence-corrected chi connectivity index (χ0v) is 24.8. The Kier molecular flexibility index (Phi) is 7.86. The Hall–Kier alpha value is -4.15. The molecular weight excluding hydrogens is 533 g/mol. The van der Waals surface area contributed by atoms with Crippen LogP contribution in [0.5, 0.6) is 11.5 Å². The molecule has 218 valence electrons. The third-order valence-corrected chi connectivity index (χ3v) is 9.25. The maximum absolute atomic E-state index is 14.5. The minimum atomic E-state index is -0.189. The number of piperidine rings is 1. The molecule has 1 fully saturated rings. The van der Waals surface area contributed by atoms with Crippen LogP contribution in [0.3, 0.4) is 0 Å². The quantitative estimate of drug-likeness (QED) is 0.185. The van der Waals surface area contributed by atoms with E-state index >= 15 is 0 Å². The van der Waals surface area contributed by atoms with E-state index in [4.69, 9.17) is 9.47 Å². The van der Waals surface area contributed by atoms with E-state index in [1.165, 1.54) is 54.4 Å². The minimum Gasteiger partial charge on any atom is -0.492 e. The first kappa shape index (κ1) is 27.7. The zero-order chi connectivity index (χ0) is 29.2. The standard InChI is InChI=1S/C39H38FNO2/c1-27-37-25-31(40)13-18-35(37)36-17-12-30-24-33(43-26-28-8-4-2-5-9-28)16-19-34(30)39(36)38(27)29-10-14-32(15-11-29)42-23-22-41-20-6-3-7-21-41/h2,4-5,8-19,24-25,27,38H,3,6-7,20-23,26H2,1H3. The van der Waals surface area contributed by atoms with Gasteiger partial charge in [-0.15, -0.1) is 0 Å². The maximum atomic E-state index is 14.5. The Balaban J connectivity index is 1.20. The number of hydrogen-bond acceptors (Lipinski definition) is 3. The molecule has 7 rings (SSSR count). The summed E-state index contributed by atoms with van der Waals surface area (Å²) >= 11 is 0. The van der Waals surface area contributed by atoms with E-state index in [2.05, 4.69) is 78.6 Å². The van der Waals surface area contributed by atoms with Gasteiger partial charge in [-0.25, -0.2) is 4.39 Å². The molecule has 3 nitrogen and oxygen atoms in total. The van der Waals surface area contributed by atoms with Gasteiger partial charge in [-0.3, -0.25) is 4.90 Å². The predicted octanol–water partition coefficient (Wildman–Crippen LogP) is 9.34. The first-order valence-electron chi connectivity index (χ1n) is 15.6. The highest BCUT2D eigenvalue weighted by molar-refractivity contribution is 5.95. The van der Waals surface area contributed by atoms with Gasteiger partial charge < -0.3 is 9.47 Å². The highest BCUT2D eigenvalue weighted by Gasteiger charge is 2.34. The molecule has 4 heteroatoms. The number of hydrogen-bond donors (Lipinski definition) is 0. The normalized spacial score (nSPS) is 18.2. The second-order valence-electron chi connectivity index (χ2n) is 12.0. The summed E-state index contributed by atoms with van der Waals surface area (Å²) in [7, 11) is 0. The zero-order valence-electron chi connectivity index (χ0n) is 24.8. The lowest BCUT2D eigenvalue weighted by molar-refractivity contribution is 0.183. The van der Waals surface area contributed by atoms with Gasteiger partial charge in [0.1, 0.15) is 30.5 Å². The lowest BCUT2D eigenvalue weighted by Gasteiger charge is -2.35. The number of rotatable bonds is 8. The Morgan fingerprint density at radius 2 is 1.51 bits per heavy atom. The van der Waals surface area contributed by atoms with Gasteiger partial charge in [0.2, 0.25) is 0 Å². The van der Waals surface area contributed by atoms with E-state index in [1.54, 1.807) is 12.1 Å². The molecule has 43 heavy (non-hydrogen) atoms. The summed E-state index contributed by atoms with van der Waals surface area (Å²) in [5, 5.41) is 2.35. The summed E-state index contributed by atoms with van der Waals surface area (Å²) in [6.07, 6.45) is 3.93. The molecule has 0 bridgehead atoms. The molecule has 1 saturated heterocycles. The molecule has 0 radical (unpaired) electrons. The van der Waals surface area contributed by atoms with Crippen molar-refractivity contribution < 1.29 is 13.9 Å². The third kappa shape index (κ3) is 5.77. The Bertz CT molecular complexity index is 1710.